The Labute approximate surface area is 102 Å². The lowest BCUT2D eigenvalue weighted by Gasteiger charge is -2.28. The third-order valence-corrected chi connectivity index (χ3v) is 3.50. The van der Waals surface area contributed by atoms with Crippen LogP contribution < -0.4 is 5.32 Å². The second-order valence-electron chi connectivity index (χ2n) is 4.73. The Kier molecular flexibility index (Phi) is 3.92. The predicted molar refractivity (Wildman–Crippen MR) is 66.4 cm³/mol. The Morgan fingerprint density at radius 1 is 1.29 bits per heavy atom. The minimum atomic E-state index is 0.362. The number of nitriles is 1. The van der Waals surface area contributed by atoms with E-state index < -0.39 is 0 Å². The third kappa shape index (κ3) is 3.16. The maximum absolute atomic E-state index is 8.64. The lowest BCUT2D eigenvalue weighted by molar-refractivity contribution is 0.328. The number of nitrogens with zero attached hydrogens (tertiary/aromatic N) is 3. The van der Waals surface area contributed by atoms with Gasteiger partial charge in [0.15, 0.2) is 5.69 Å². The summed E-state index contributed by atoms with van der Waals surface area (Å²) >= 11 is 0. The number of hydrogen-bond acceptors (Lipinski definition) is 4. The van der Waals surface area contributed by atoms with Crippen LogP contribution >= 0.6 is 0 Å². The van der Waals surface area contributed by atoms with E-state index in [9.17, 15) is 0 Å². The molecule has 2 rings (SSSR count). The molecule has 1 atom stereocenters. The number of aromatic nitrogens is 2. The number of nitrogens with one attached hydrogen (secondary N) is 1. The van der Waals surface area contributed by atoms with Gasteiger partial charge in [-0.05, 0) is 25.7 Å². The monoisotopic (exact) mass is 230 g/mol. The summed E-state index contributed by atoms with van der Waals surface area (Å²) in [6.45, 7) is 2.20. The van der Waals surface area contributed by atoms with E-state index in [0.717, 1.165) is 11.7 Å². The smallest absolute Gasteiger partial charge is 0.158 e. The summed E-state index contributed by atoms with van der Waals surface area (Å²) in [6, 6.07) is 2.40. The molecule has 0 spiro atoms. The highest BCUT2D eigenvalue weighted by atomic mass is 15.0. The summed E-state index contributed by atoms with van der Waals surface area (Å²) < 4.78 is 0. The number of hydrogen-bond donors (Lipinski definition) is 1. The molecule has 1 saturated carbocycles. The standard InChI is InChI=1S/C13H18N4/c1-10(11-5-3-2-4-6-11)17-13-9-15-12(7-14)8-16-13/h8-11H,2-6H2,1H3,(H,16,17). The van der Waals surface area contributed by atoms with Crippen LogP contribution in [0.1, 0.15) is 44.7 Å². The van der Waals surface area contributed by atoms with Crippen molar-refractivity contribution in [3.8, 4) is 6.07 Å². The molecule has 1 unspecified atom stereocenters. The van der Waals surface area contributed by atoms with Gasteiger partial charge in [0.05, 0.1) is 12.4 Å². The van der Waals surface area contributed by atoms with Gasteiger partial charge in [-0.3, -0.25) is 0 Å². The van der Waals surface area contributed by atoms with Gasteiger partial charge in [-0.25, -0.2) is 9.97 Å². The molecule has 1 N–H and O–H groups in total. The first-order valence-electron chi connectivity index (χ1n) is 6.28. The summed E-state index contributed by atoms with van der Waals surface area (Å²) in [7, 11) is 0. The first kappa shape index (κ1) is 11.8. The molecule has 0 aromatic carbocycles. The Balaban J connectivity index is 1.92. The van der Waals surface area contributed by atoms with Gasteiger partial charge in [-0.15, -0.1) is 0 Å². The van der Waals surface area contributed by atoms with Crippen LogP contribution in [-0.4, -0.2) is 16.0 Å². The summed E-state index contributed by atoms with van der Waals surface area (Å²) in [6.07, 6.45) is 9.81. The van der Waals surface area contributed by atoms with Crippen molar-refractivity contribution in [2.75, 3.05) is 5.32 Å². The van der Waals surface area contributed by atoms with E-state index >= 15 is 0 Å². The van der Waals surface area contributed by atoms with Gasteiger partial charge in [0.1, 0.15) is 11.9 Å². The van der Waals surface area contributed by atoms with Gasteiger partial charge in [0.25, 0.3) is 0 Å². The summed E-state index contributed by atoms with van der Waals surface area (Å²) in [4.78, 5) is 8.20. The SMILES string of the molecule is CC(Nc1cnc(C#N)cn1)C1CCCCC1. The van der Waals surface area contributed by atoms with E-state index in [1.54, 1.807) is 6.20 Å². The number of anilines is 1. The van der Waals surface area contributed by atoms with E-state index in [1.165, 1.54) is 38.3 Å². The van der Waals surface area contributed by atoms with Crippen molar-refractivity contribution < 1.29 is 0 Å². The van der Waals surface area contributed by atoms with Crippen molar-refractivity contribution in [3.63, 3.8) is 0 Å². The van der Waals surface area contributed by atoms with Crippen LogP contribution in [0.3, 0.4) is 0 Å². The van der Waals surface area contributed by atoms with Crippen molar-refractivity contribution in [1.82, 2.24) is 9.97 Å². The molecule has 1 aromatic heterocycles. The molecule has 17 heavy (non-hydrogen) atoms. The Morgan fingerprint density at radius 2 is 2.06 bits per heavy atom. The van der Waals surface area contributed by atoms with Gasteiger partial charge in [-0.2, -0.15) is 5.26 Å². The van der Waals surface area contributed by atoms with Gasteiger partial charge < -0.3 is 5.32 Å². The van der Waals surface area contributed by atoms with Crippen molar-refractivity contribution in [2.24, 2.45) is 5.92 Å². The molecule has 0 aliphatic heterocycles. The normalized spacial score (nSPS) is 18.4. The average molecular weight is 230 g/mol. The molecule has 0 amide bonds. The first-order valence-corrected chi connectivity index (χ1v) is 6.28. The Bertz CT molecular complexity index is 387. The van der Waals surface area contributed by atoms with E-state index in [-0.39, 0.29) is 0 Å². The quantitative estimate of drug-likeness (QED) is 0.867. The molecule has 0 bridgehead atoms. The highest BCUT2D eigenvalue weighted by Gasteiger charge is 2.20. The molecular weight excluding hydrogens is 212 g/mol. The Hall–Kier alpha value is -1.63. The zero-order valence-corrected chi connectivity index (χ0v) is 10.2. The predicted octanol–water partition coefficient (Wildman–Crippen LogP) is 2.73. The maximum atomic E-state index is 8.64. The molecule has 0 radical (unpaired) electrons. The maximum Gasteiger partial charge on any atom is 0.158 e. The second-order valence-corrected chi connectivity index (χ2v) is 4.73. The first-order chi connectivity index (χ1) is 8.29. The average Bonchev–Trinajstić information content (AvgIpc) is 2.40. The fraction of sp³-hybridized carbons (Fsp3) is 0.615. The topological polar surface area (TPSA) is 61.6 Å². The van der Waals surface area contributed by atoms with Gasteiger partial charge in [0.2, 0.25) is 0 Å². The molecule has 4 nitrogen and oxygen atoms in total. The third-order valence-electron chi connectivity index (χ3n) is 3.50. The van der Waals surface area contributed by atoms with Gasteiger partial charge in [0, 0.05) is 6.04 Å². The molecule has 1 aliphatic rings. The van der Waals surface area contributed by atoms with E-state index in [1.807, 2.05) is 6.07 Å². The van der Waals surface area contributed by atoms with Gasteiger partial charge >= 0.3 is 0 Å². The largest absolute Gasteiger partial charge is 0.366 e. The van der Waals surface area contributed by atoms with Crippen molar-refractivity contribution in [2.45, 2.75) is 45.1 Å². The summed E-state index contributed by atoms with van der Waals surface area (Å²) in [5, 5.41) is 12.0. The van der Waals surface area contributed by atoms with Crippen LogP contribution in [0.5, 0.6) is 0 Å². The van der Waals surface area contributed by atoms with Crippen molar-refractivity contribution in [3.05, 3.63) is 18.1 Å². The highest BCUT2D eigenvalue weighted by molar-refractivity contribution is 5.34. The van der Waals surface area contributed by atoms with Crippen LogP contribution in [0.4, 0.5) is 5.82 Å². The van der Waals surface area contributed by atoms with Gasteiger partial charge in [-0.1, -0.05) is 19.3 Å². The molecule has 1 aromatic rings. The van der Waals surface area contributed by atoms with Crippen molar-refractivity contribution in [1.29, 1.82) is 5.26 Å². The highest BCUT2D eigenvalue weighted by Crippen LogP contribution is 2.27. The van der Waals surface area contributed by atoms with E-state index in [2.05, 4.69) is 22.2 Å². The van der Waals surface area contributed by atoms with Crippen LogP contribution in [0, 0.1) is 17.2 Å². The minimum Gasteiger partial charge on any atom is -0.366 e. The Morgan fingerprint density at radius 3 is 2.65 bits per heavy atom. The van der Waals surface area contributed by atoms with Crippen LogP contribution in [0.15, 0.2) is 12.4 Å². The summed E-state index contributed by atoms with van der Waals surface area (Å²) in [5.74, 6) is 1.50. The lowest BCUT2D eigenvalue weighted by atomic mass is 9.84. The van der Waals surface area contributed by atoms with Crippen LogP contribution in [0.25, 0.3) is 0 Å². The van der Waals surface area contributed by atoms with E-state index in [0.29, 0.717) is 11.7 Å². The molecule has 90 valence electrons. The second kappa shape index (κ2) is 5.62. The molecule has 0 saturated heterocycles. The summed E-state index contributed by atoms with van der Waals surface area (Å²) in [5.41, 5.74) is 0.362. The zero-order valence-electron chi connectivity index (χ0n) is 10.2. The fourth-order valence-corrected chi connectivity index (χ4v) is 2.45. The lowest BCUT2D eigenvalue weighted by Crippen LogP contribution is -2.28. The molecule has 1 fully saturated rings. The molecular formula is C13H18N4. The zero-order chi connectivity index (χ0) is 12.1. The molecule has 4 heteroatoms. The fourth-order valence-electron chi connectivity index (χ4n) is 2.45. The van der Waals surface area contributed by atoms with Crippen LogP contribution in [0.2, 0.25) is 0 Å². The van der Waals surface area contributed by atoms with E-state index in [4.69, 9.17) is 5.26 Å². The van der Waals surface area contributed by atoms with Crippen molar-refractivity contribution >= 4 is 5.82 Å². The molecule has 1 heterocycles. The molecule has 1 aliphatic carbocycles. The minimum absolute atomic E-state index is 0.362. The van der Waals surface area contributed by atoms with Crippen LogP contribution in [-0.2, 0) is 0 Å². The number of rotatable bonds is 3.